The Hall–Kier alpha value is -1.35. The van der Waals surface area contributed by atoms with Crippen LogP contribution in [0.25, 0.3) is 0 Å². The molecule has 0 aliphatic carbocycles. The second kappa shape index (κ2) is 7.17. The zero-order valence-electron chi connectivity index (χ0n) is 11.8. The van der Waals surface area contributed by atoms with Crippen molar-refractivity contribution in [2.75, 3.05) is 25.1 Å². The second-order valence-corrected chi connectivity index (χ2v) is 4.63. The highest BCUT2D eigenvalue weighted by Crippen LogP contribution is 2.20. The van der Waals surface area contributed by atoms with Crippen molar-refractivity contribution in [2.45, 2.75) is 33.3 Å². The predicted octanol–water partition coefficient (Wildman–Crippen LogP) is 3.14. The number of anilines is 1. The van der Waals surface area contributed by atoms with E-state index >= 15 is 0 Å². The Bertz CT molecular complexity index is 388. The van der Waals surface area contributed by atoms with Gasteiger partial charge in [-0.3, -0.25) is 4.79 Å². The minimum absolute atomic E-state index is 0.183. The molecule has 3 heteroatoms. The van der Waals surface area contributed by atoms with Gasteiger partial charge in [-0.15, -0.1) is 0 Å². The van der Waals surface area contributed by atoms with E-state index in [0.29, 0.717) is 13.0 Å². The lowest BCUT2D eigenvalue weighted by atomic mass is 10.1. The van der Waals surface area contributed by atoms with Crippen molar-refractivity contribution in [3.8, 4) is 0 Å². The molecule has 1 aromatic rings. The van der Waals surface area contributed by atoms with Crippen LogP contribution in [0.5, 0.6) is 0 Å². The first-order valence-electron chi connectivity index (χ1n) is 6.51. The molecule has 0 radical (unpaired) electrons. The summed E-state index contributed by atoms with van der Waals surface area (Å²) in [6.07, 6.45) is 0.777. The Morgan fingerprint density at radius 2 is 2.00 bits per heavy atom. The highest BCUT2D eigenvalue weighted by atomic mass is 16.5. The predicted molar refractivity (Wildman–Crippen MR) is 75.4 cm³/mol. The molecule has 0 N–H and O–H groups in total. The normalized spacial score (nSPS) is 10.7. The lowest BCUT2D eigenvalue weighted by molar-refractivity contribution is 0.0845. The summed E-state index contributed by atoms with van der Waals surface area (Å²) in [7, 11) is 1.99. The molecule has 0 heterocycles. The van der Waals surface area contributed by atoms with Crippen LogP contribution in [0.1, 0.15) is 37.6 Å². The molecule has 18 heavy (non-hydrogen) atoms. The number of hydrogen-bond donors (Lipinski definition) is 0. The molecule has 0 bridgehead atoms. The van der Waals surface area contributed by atoms with Gasteiger partial charge in [0.25, 0.3) is 0 Å². The van der Waals surface area contributed by atoms with Crippen LogP contribution < -0.4 is 4.90 Å². The number of ether oxygens (including phenoxy) is 1. The van der Waals surface area contributed by atoms with Crippen molar-refractivity contribution in [2.24, 2.45) is 0 Å². The van der Waals surface area contributed by atoms with Crippen LogP contribution in [0, 0.1) is 0 Å². The monoisotopic (exact) mass is 249 g/mol. The number of ketones is 1. The molecule has 0 fully saturated rings. The zero-order chi connectivity index (χ0) is 13.5. The minimum atomic E-state index is 0.183. The van der Waals surface area contributed by atoms with Crippen molar-refractivity contribution in [3.63, 3.8) is 0 Å². The number of carbonyl (C=O) groups is 1. The standard InChI is InChI=1S/C15H23NO2/c1-5-15(17)13-8-6-7-9-14(13)16(4)10-11-18-12(2)3/h6-9,12H,5,10-11H2,1-4H3. The Balaban J connectivity index is 2.72. The Morgan fingerprint density at radius 1 is 1.33 bits per heavy atom. The molecule has 0 aliphatic heterocycles. The summed E-state index contributed by atoms with van der Waals surface area (Å²) in [6, 6.07) is 7.74. The van der Waals surface area contributed by atoms with Crippen LogP contribution in [0.2, 0.25) is 0 Å². The van der Waals surface area contributed by atoms with Crippen molar-refractivity contribution >= 4 is 11.5 Å². The fraction of sp³-hybridized carbons (Fsp3) is 0.533. The summed E-state index contributed by atoms with van der Waals surface area (Å²) >= 11 is 0. The first-order valence-corrected chi connectivity index (χ1v) is 6.51. The molecule has 0 saturated carbocycles. The number of rotatable bonds is 7. The second-order valence-electron chi connectivity index (χ2n) is 4.63. The van der Waals surface area contributed by atoms with Gasteiger partial charge in [0.15, 0.2) is 5.78 Å². The van der Waals surface area contributed by atoms with Gasteiger partial charge in [0, 0.05) is 31.3 Å². The molecule has 0 saturated heterocycles. The maximum atomic E-state index is 11.9. The largest absolute Gasteiger partial charge is 0.377 e. The van der Waals surface area contributed by atoms with Gasteiger partial charge in [-0.1, -0.05) is 19.1 Å². The lowest BCUT2D eigenvalue weighted by Crippen LogP contribution is -2.25. The third-order valence-electron chi connectivity index (χ3n) is 2.81. The summed E-state index contributed by atoms with van der Waals surface area (Å²) < 4.78 is 5.53. The number of carbonyl (C=O) groups excluding carboxylic acids is 1. The number of para-hydroxylation sites is 1. The van der Waals surface area contributed by atoms with Crippen molar-refractivity contribution < 1.29 is 9.53 Å². The highest BCUT2D eigenvalue weighted by Gasteiger charge is 2.12. The molecule has 1 aromatic carbocycles. The molecular weight excluding hydrogens is 226 g/mol. The maximum absolute atomic E-state index is 11.9. The Kier molecular flexibility index (Phi) is 5.86. The topological polar surface area (TPSA) is 29.5 Å². The number of nitrogens with zero attached hydrogens (tertiary/aromatic N) is 1. The third-order valence-corrected chi connectivity index (χ3v) is 2.81. The molecule has 0 aliphatic rings. The van der Waals surface area contributed by atoms with Crippen molar-refractivity contribution in [1.82, 2.24) is 0 Å². The molecule has 0 atom stereocenters. The van der Waals surface area contributed by atoms with E-state index in [9.17, 15) is 4.79 Å². The fourth-order valence-electron chi connectivity index (χ4n) is 1.78. The fourth-order valence-corrected chi connectivity index (χ4v) is 1.78. The van der Waals surface area contributed by atoms with Crippen LogP contribution in [-0.4, -0.2) is 32.1 Å². The van der Waals surface area contributed by atoms with Crippen LogP contribution in [0.3, 0.4) is 0 Å². The zero-order valence-corrected chi connectivity index (χ0v) is 11.8. The quantitative estimate of drug-likeness (QED) is 0.695. The first kappa shape index (κ1) is 14.7. The van der Waals surface area contributed by atoms with E-state index in [-0.39, 0.29) is 11.9 Å². The van der Waals surface area contributed by atoms with E-state index in [4.69, 9.17) is 4.74 Å². The van der Waals surface area contributed by atoms with Gasteiger partial charge in [0.2, 0.25) is 0 Å². The average molecular weight is 249 g/mol. The van der Waals surface area contributed by atoms with Gasteiger partial charge >= 0.3 is 0 Å². The molecule has 0 amide bonds. The number of Topliss-reactive ketones (excluding diaryl/α,β-unsaturated/α-hetero) is 1. The third kappa shape index (κ3) is 4.15. The number of likely N-dealkylation sites (N-methyl/N-ethyl adjacent to an activating group) is 1. The van der Waals surface area contributed by atoms with Gasteiger partial charge in [0.1, 0.15) is 0 Å². The molecule has 3 nitrogen and oxygen atoms in total. The molecule has 0 aromatic heterocycles. The SMILES string of the molecule is CCC(=O)c1ccccc1N(C)CCOC(C)C. The van der Waals surface area contributed by atoms with Crippen LogP contribution in [0.15, 0.2) is 24.3 Å². The Labute approximate surface area is 110 Å². The number of hydrogen-bond acceptors (Lipinski definition) is 3. The molecule has 0 spiro atoms. The molecule has 100 valence electrons. The first-order chi connectivity index (χ1) is 8.56. The van der Waals surface area contributed by atoms with E-state index < -0.39 is 0 Å². The summed E-state index contributed by atoms with van der Waals surface area (Å²) in [4.78, 5) is 13.9. The average Bonchev–Trinajstić information content (AvgIpc) is 2.37. The van der Waals surface area contributed by atoms with Gasteiger partial charge in [-0.25, -0.2) is 0 Å². The van der Waals surface area contributed by atoms with Gasteiger partial charge in [-0.05, 0) is 26.0 Å². The summed E-state index contributed by atoms with van der Waals surface area (Å²) in [5.41, 5.74) is 1.78. The smallest absolute Gasteiger partial charge is 0.164 e. The highest BCUT2D eigenvalue weighted by molar-refractivity contribution is 6.01. The van der Waals surface area contributed by atoms with Crippen LogP contribution in [0.4, 0.5) is 5.69 Å². The summed E-state index contributed by atoms with van der Waals surface area (Å²) in [5.74, 6) is 0.183. The van der Waals surface area contributed by atoms with E-state index in [2.05, 4.69) is 4.90 Å². The minimum Gasteiger partial charge on any atom is -0.377 e. The number of benzene rings is 1. The lowest BCUT2D eigenvalue weighted by Gasteiger charge is -2.22. The van der Waals surface area contributed by atoms with E-state index in [0.717, 1.165) is 17.8 Å². The van der Waals surface area contributed by atoms with E-state index in [1.54, 1.807) is 0 Å². The molecular formula is C15H23NO2. The van der Waals surface area contributed by atoms with Gasteiger partial charge < -0.3 is 9.64 Å². The van der Waals surface area contributed by atoms with E-state index in [1.165, 1.54) is 0 Å². The van der Waals surface area contributed by atoms with Crippen LogP contribution in [-0.2, 0) is 4.74 Å². The van der Waals surface area contributed by atoms with E-state index in [1.807, 2.05) is 52.1 Å². The van der Waals surface area contributed by atoms with Gasteiger partial charge in [0.05, 0.1) is 12.7 Å². The van der Waals surface area contributed by atoms with Crippen LogP contribution >= 0.6 is 0 Å². The summed E-state index contributed by atoms with van der Waals surface area (Å²) in [5, 5.41) is 0. The van der Waals surface area contributed by atoms with Crippen molar-refractivity contribution in [1.29, 1.82) is 0 Å². The molecule has 1 rings (SSSR count). The van der Waals surface area contributed by atoms with Crippen molar-refractivity contribution in [3.05, 3.63) is 29.8 Å². The molecule has 0 unspecified atom stereocenters. The summed E-state index contributed by atoms with van der Waals surface area (Å²) in [6.45, 7) is 7.39. The Morgan fingerprint density at radius 3 is 2.61 bits per heavy atom. The van der Waals surface area contributed by atoms with Gasteiger partial charge in [-0.2, -0.15) is 0 Å². The maximum Gasteiger partial charge on any atom is 0.164 e.